The van der Waals surface area contributed by atoms with Crippen LogP contribution in [0.1, 0.15) is 29.3 Å². The zero-order chi connectivity index (χ0) is 12.8. The summed E-state index contributed by atoms with van der Waals surface area (Å²) in [6.45, 7) is 4.02. The zero-order valence-corrected chi connectivity index (χ0v) is 12.8. The van der Waals surface area contributed by atoms with Crippen LogP contribution < -0.4 is 5.32 Å². The molecule has 0 saturated carbocycles. The number of amides is 1. The maximum absolute atomic E-state index is 12.0. The van der Waals surface area contributed by atoms with E-state index in [2.05, 4.69) is 27.5 Å². The topological polar surface area (TPSA) is 29.1 Å². The molecule has 1 amide bonds. The zero-order valence-electron chi connectivity index (χ0n) is 10.4. The van der Waals surface area contributed by atoms with Crippen molar-refractivity contribution in [2.75, 3.05) is 12.0 Å². The highest BCUT2D eigenvalue weighted by Gasteiger charge is 2.13. The Labute approximate surface area is 116 Å². The molecule has 1 atom stereocenters. The molecule has 1 unspecified atom stereocenters. The molecule has 1 aromatic rings. The fourth-order valence-electron chi connectivity index (χ4n) is 1.49. The lowest BCUT2D eigenvalue weighted by molar-refractivity contribution is 0.0938. The van der Waals surface area contributed by atoms with Crippen LogP contribution in [0, 0.1) is 6.92 Å². The maximum atomic E-state index is 12.0. The summed E-state index contributed by atoms with van der Waals surface area (Å²) >= 11 is 5.26. The molecule has 1 N–H and O–H groups in total. The van der Waals surface area contributed by atoms with Gasteiger partial charge >= 0.3 is 0 Å². The minimum absolute atomic E-state index is 0.00539. The number of carbonyl (C=O) groups excluding carboxylic acids is 1. The molecule has 94 valence electrons. The molecule has 0 spiro atoms. The number of rotatable bonds is 5. The number of nitrogens with one attached hydrogen (secondary N) is 1. The van der Waals surface area contributed by atoms with Crippen LogP contribution >= 0.6 is 27.7 Å². The lowest BCUT2D eigenvalue weighted by Crippen LogP contribution is -2.33. The van der Waals surface area contributed by atoms with E-state index < -0.39 is 0 Å². The molecule has 17 heavy (non-hydrogen) atoms. The molecule has 0 aromatic heterocycles. The van der Waals surface area contributed by atoms with Crippen molar-refractivity contribution >= 4 is 33.6 Å². The van der Waals surface area contributed by atoms with Crippen molar-refractivity contribution in [2.45, 2.75) is 26.3 Å². The highest BCUT2D eigenvalue weighted by molar-refractivity contribution is 9.10. The third kappa shape index (κ3) is 4.36. The number of halogens is 1. The molecule has 0 aliphatic carbocycles. The lowest BCUT2D eigenvalue weighted by atomic mass is 10.1. The summed E-state index contributed by atoms with van der Waals surface area (Å²) in [5.41, 5.74) is 1.79. The molecule has 0 aliphatic heterocycles. The van der Waals surface area contributed by atoms with Gasteiger partial charge in [0.1, 0.15) is 0 Å². The largest absolute Gasteiger partial charge is 0.350 e. The first-order valence-corrected chi connectivity index (χ1v) is 7.80. The standard InChI is InChI=1S/C13H18BrNOS/c1-9-5-4-6-11(12(9)14)13(16)15-10(2)7-8-17-3/h4-6,10H,7-8H2,1-3H3,(H,15,16). The molecule has 4 heteroatoms. The van der Waals surface area contributed by atoms with Gasteiger partial charge in [0.15, 0.2) is 0 Å². The highest BCUT2D eigenvalue weighted by atomic mass is 79.9. The van der Waals surface area contributed by atoms with Crippen LogP contribution in [-0.2, 0) is 0 Å². The molecule has 0 fully saturated rings. The Hall–Kier alpha value is -0.480. The Kier molecular flexibility index (Phi) is 6.06. The van der Waals surface area contributed by atoms with E-state index in [0.717, 1.165) is 22.2 Å². The minimum atomic E-state index is -0.00539. The van der Waals surface area contributed by atoms with Crippen LogP contribution in [-0.4, -0.2) is 24.0 Å². The summed E-state index contributed by atoms with van der Waals surface area (Å²) in [6, 6.07) is 5.94. The predicted octanol–water partition coefficient (Wildman–Crippen LogP) is 3.63. The van der Waals surface area contributed by atoms with Crippen LogP contribution in [0.5, 0.6) is 0 Å². The van der Waals surface area contributed by atoms with Gasteiger partial charge < -0.3 is 5.32 Å². The number of benzene rings is 1. The molecule has 0 bridgehead atoms. The van der Waals surface area contributed by atoms with Crippen LogP contribution in [0.15, 0.2) is 22.7 Å². The van der Waals surface area contributed by atoms with Gasteiger partial charge in [0, 0.05) is 10.5 Å². The summed E-state index contributed by atoms with van der Waals surface area (Å²) < 4.78 is 0.884. The minimum Gasteiger partial charge on any atom is -0.350 e. The Balaban J connectivity index is 2.67. The first-order valence-electron chi connectivity index (χ1n) is 5.61. The van der Waals surface area contributed by atoms with E-state index in [1.807, 2.05) is 32.0 Å². The van der Waals surface area contributed by atoms with Crippen molar-refractivity contribution in [3.05, 3.63) is 33.8 Å². The molecule has 1 rings (SSSR count). The molecular formula is C13H18BrNOS. The van der Waals surface area contributed by atoms with E-state index in [1.54, 1.807) is 11.8 Å². The van der Waals surface area contributed by atoms with Crippen molar-refractivity contribution in [3.63, 3.8) is 0 Å². The van der Waals surface area contributed by atoms with Gasteiger partial charge in [-0.3, -0.25) is 4.79 Å². The Morgan fingerprint density at radius 3 is 2.88 bits per heavy atom. The average molecular weight is 316 g/mol. The van der Waals surface area contributed by atoms with Gasteiger partial charge in [-0.05, 0) is 59.8 Å². The third-order valence-electron chi connectivity index (χ3n) is 2.57. The highest BCUT2D eigenvalue weighted by Crippen LogP contribution is 2.21. The molecule has 0 saturated heterocycles. The Bertz CT molecular complexity index is 395. The van der Waals surface area contributed by atoms with Gasteiger partial charge in [-0.25, -0.2) is 0 Å². The molecule has 1 aromatic carbocycles. The van der Waals surface area contributed by atoms with Crippen LogP contribution in [0.3, 0.4) is 0 Å². The van der Waals surface area contributed by atoms with Gasteiger partial charge in [-0.2, -0.15) is 11.8 Å². The van der Waals surface area contributed by atoms with Crippen molar-refractivity contribution < 1.29 is 4.79 Å². The van der Waals surface area contributed by atoms with Crippen LogP contribution in [0.2, 0.25) is 0 Å². The van der Waals surface area contributed by atoms with Crippen molar-refractivity contribution in [1.82, 2.24) is 5.32 Å². The van der Waals surface area contributed by atoms with Gasteiger partial charge in [-0.1, -0.05) is 12.1 Å². The van der Waals surface area contributed by atoms with E-state index >= 15 is 0 Å². The fraction of sp³-hybridized carbons (Fsp3) is 0.462. The summed E-state index contributed by atoms with van der Waals surface area (Å²) in [6.07, 6.45) is 3.07. The summed E-state index contributed by atoms with van der Waals surface area (Å²) in [5, 5.41) is 3.02. The SMILES string of the molecule is CSCCC(C)NC(=O)c1cccc(C)c1Br. The second-order valence-corrected chi connectivity index (χ2v) is 5.87. The summed E-state index contributed by atoms with van der Waals surface area (Å²) in [5.74, 6) is 1.06. The number of thioether (sulfide) groups is 1. The second kappa shape index (κ2) is 7.07. The van der Waals surface area contributed by atoms with Gasteiger partial charge in [0.25, 0.3) is 5.91 Å². The molecular weight excluding hydrogens is 298 g/mol. The normalized spacial score (nSPS) is 12.2. The number of hydrogen-bond acceptors (Lipinski definition) is 2. The third-order valence-corrected chi connectivity index (χ3v) is 4.27. The summed E-state index contributed by atoms with van der Waals surface area (Å²) in [4.78, 5) is 12.0. The number of hydrogen-bond donors (Lipinski definition) is 1. The molecule has 0 aliphatic rings. The molecule has 0 heterocycles. The Morgan fingerprint density at radius 1 is 1.53 bits per heavy atom. The predicted molar refractivity (Wildman–Crippen MR) is 78.8 cm³/mol. The molecule has 2 nitrogen and oxygen atoms in total. The quantitative estimate of drug-likeness (QED) is 0.899. The van der Waals surface area contributed by atoms with Crippen molar-refractivity contribution in [1.29, 1.82) is 0 Å². The van der Waals surface area contributed by atoms with Crippen molar-refractivity contribution in [2.24, 2.45) is 0 Å². The first-order chi connectivity index (χ1) is 8.06. The monoisotopic (exact) mass is 315 g/mol. The van der Waals surface area contributed by atoms with Gasteiger partial charge in [0.05, 0.1) is 5.56 Å². The van der Waals surface area contributed by atoms with E-state index in [0.29, 0.717) is 5.56 Å². The fourth-order valence-corrected chi connectivity index (χ4v) is 2.52. The second-order valence-electron chi connectivity index (χ2n) is 4.09. The van der Waals surface area contributed by atoms with E-state index in [9.17, 15) is 4.79 Å². The van der Waals surface area contributed by atoms with Crippen LogP contribution in [0.25, 0.3) is 0 Å². The molecule has 0 radical (unpaired) electrons. The van der Waals surface area contributed by atoms with E-state index in [4.69, 9.17) is 0 Å². The first kappa shape index (κ1) is 14.6. The van der Waals surface area contributed by atoms with Crippen molar-refractivity contribution in [3.8, 4) is 0 Å². The van der Waals surface area contributed by atoms with Gasteiger partial charge in [-0.15, -0.1) is 0 Å². The smallest absolute Gasteiger partial charge is 0.252 e. The maximum Gasteiger partial charge on any atom is 0.252 e. The number of aryl methyl sites for hydroxylation is 1. The lowest BCUT2D eigenvalue weighted by Gasteiger charge is -2.14. The average Bonchev–Trinajstić information content (AvgIpc) is 2.29. The van der Waals surface area contributed by atoms with Crippen LogP contribution in [0.4, 0.5) is 0 Å². The number of carbonyl (C=O) groups is 1. The van der Waals surface area contributed by atoms with Gasteiger partial charge in [0.2, 0.25) is 0 Å². The van der Waals surface area contributed by atoms with E-state index in [-0.39, 0.29) is 11.9 Å². The van der Waals surface area contributed by atoms with E-state index in [1.165, 1.54) is 0 Å². The summed E-state index contributed by atoms with van der Waals surface area (Å²) in [7, 11) is 0. The Morgan fingerprint density at radius 2 is 2.24 bits per heavy atom.